The maximum atomic E-state index is 12.6. The molecule has 0 aromatic heterocycles. The molecule has 0 heterocycles. The van der Waals surface area contributed by atoms with Crippen molar-refractivity contribution in [2.45, 2.75) is 25.7 Å². The average Bonchev–Trinajstić information content (AvgIpc) is 2.69. The molecule has 0 saturated heterocycles. The molecule has 2 N–H and O–H groups in total. The smallest absolute Gasteiger partial charge is 0.295 e. The van der Waals surface area contributed by atoms with Gasteiger partial charge in [0.25, 0.3) is 5.69 Å². The van der Waals surface area contributed by atoms with Crippen molar-refractivity contribution in [3.8, 4) is 0 Å². The average molecular weight is 433 g/mol. The summed E-state index contributed by atoms with van der Waals surface area (Å²) in [5.74, 6) is -0.183. The quantitative estimate of drug-likeness (QED) is 0.355. The highest BCUT2D eigenvalue weighted by Crippen LogP contribution is 2.29. The van der Waals surface area contributed by atoms with E-state index < -0.39 is 20.6 Å². The standard InChI is InChI=1S/C19H23N5O5S/c1-4-23(5-2)30(28,29)17-10-11-18(19(12-17)24(26)27)22-20-13-15-6-8-16(9-7-15)21-14(3)25/h6-13,22H,4-5H2,1-3H3,(H,21,25)/b20-13+. The van der Waals surface area contributed by atoms with Crippen LogP contribution >= 0.6 is 0 Å². The Labute approximate surface area is 174 Å². The van der Waals surface area contributed by atoms with Crippen LogP contribution in [0, 0.1) is 10.1 Å². The van der Waals surface area contributed by atoms with Crippen LogP contribution in [0.2, 0.25) is 0 Å². The molecule has 0 unspecified atom stereocenters. The second kappa shape index (κ2) is 9.94. The van der Waals surface area contributed by atoms with Crippen molar-refractivity contribution in [2.75, 3.05) is 23.8 Å². The molecule has 0 aliphatic heterocycles. The number of carbonyl (C=O) groups excluding carboxylic acids is 1. The number of sulfonamides is 1. The minimum absolute atomic E-state index is 0.0598. The Hall–Kier alpha value is -3.31. The van der Waals surface area contributed by atoms with E-state index in [2.05, 4.69) is 15.8 Å². The number of anilines is 2. The van der Waals surface area contributed by atoms with E-state index >= 15 is 0 Å². The van der Waals surface area contributed by atoms with Gasteiger partial charge in [-0.15, -0.1) is 0 Å². The fourth-order valence-corrected chi connectivity index (χ4v) is 4.14. The normalized spacial score (nSPS) is 11.6. The number of rotatable bonds is 9. The summed E-state index contributed by atoms with van der Waals surface area (Å²) < 4.78 is 26.4. The number of carbonyl (C=O) groups is 1. The molecule has 0 atom stereocenters. The first-order valence-corrected chi connectivity index (χ1v) is 10.6. The molecule has 0 aliphatic carbocycles. The van der Waals surface area contributed by atoms with Gasteiger partial charge in [0, 0.05) is 31.8 Å². The number of nitro groups is 1. The first kappa shape index (κ1) is 23.0. The minimum Gasteiger partial charge on any atom is -0.326 e. The second-order valence-electron chi connectivity index (χ2n) is 6.20. The van der Waals surface area contributed by atoms with Gasteiger partial charge in [0.15, 0.2) is 0 Å². The van der Waals surface area contributed by atoms with E-state index in [1.165, 1.54) is 29.6 Å². The number of hydrogen-bond acceptors (Lipinski definition) is 7. The van der Waals surface area contributed by atoms with Gasteiger partial charge in [-0.25, -0.2) is 8.42 Å². The number of hydrogen-bond donors (Lipinski definition) is 2. The molecule has 160 valence electrons. The topological polar surface area (TPSA) is 134 Å². The third kappa shape index (κ3) is 5.61. The third-order valence-electron chi connectivity index (χ3n) is 4.14. The first-order chi connectivity index (χ1) is 14.2. The van der Waals surface area contributed by atoms with Gasteiger partial charge < -0.3 is 5.32 Å². The molecule has 11 heteroatoms. The Kier molecular flexibility index (Phi) is 7.61. The summed E-state index contributed by atoms with van der Waals surface area (Å²) in [5.41, 5.74) is 3.56. The lowest BCUT2D eigenvalue weighted by atomic mass is 10.2. The van der Waals surface area contributed by atoms with Gasteiger partial charge >= 0.3 is 0 Å². The van der Waals surface area contributed by atoms with Gasteiger partial charge in [-0.05, 0) is 29.8 Å². The fraction of sp³-hybridized carbons (Fsp3) is 0.263. The van der Waals surface area contributed by atoms with Gasteiger partial charge in [0.05, 0.1) is 16.0 Å². The van der Waals surface area contributed by atoms with Gasteiger partial charge in [0.1, 0.15) is 5.69 Å². The van der Waals surface area contributed by atoms with Gasteiger partial charge in [-0.3, -0.25) is 20.3 Å². The minimum atomic E-state index is -3.82. The largest absolute Gasteiger partial charge is 0.326 e. The molecule has 2 aromatic carbocycles. The van der Waals surface area contributed by atoms with Crippen molar-refractivity contribution < 1.29 is 18.1 Å². The Morgan fingerprint density at radius 2 is 1.80 bits per heavy atom. The zero-order valence-corrected chi connectivity index (χ0v) is 17.6. The van der Waals surface area contributed by atoms with Gasteiger partial charge in [-0.2, -0.15) is 9.41 Å². The Morgan fingerprint density at radius 3 is 2.33 bits per heavy atom. The van der Waals surface area contributed by atoms with Crippen LogP contribution in [-0.2, 0) is 14.8 Å². The summed E-state index contributed by atoms with van der Waals surface area (Å²) in [5, 5.41) is 18.1. The summed E-state index contributed by atoms with van der Waals surface area (Å²) >= 11 is 0. The van der Waals surface area contributed by atoms with Crippen LogP contribution in [-0.4, -0.2) is 42.9 Å². The van der Waals surface area contributed by atoms with Crippen molar-refractivity contribution in [3.05, 3.63) is 58.1 Å². The van der Waals surface area contributed by atoms with E-state index in [9.17, 15) is 23.3 Å². The first-order valence-electron chi connectivity index (χ1n) is 9.14. The molecule has 0 saturated carbocycles. The van der Waals surface area contributed by atoms with E-state index in [-0.39, 0.29) is 29.6 Å². The number of hydrazone groups is 1. The van der Waals surface area contributed by atoms with Crippen molar-refractivity contribution in [3.63, 3.8) is 0 Å². The van der Waals surface area contributed by atoms with Crippen molar-refractivity contribution in [1.29, 1.82) is 0 Å². The van der Waals surface area contributed by atoms with Gasteiger partial charge in [0.2, 0.25) is 15.9 Å². The SMILES string of the molecule is CCN(CC)S(=O)(=O)c1ccc(N/N=C/c2ccc(NC(C)=O)cc2)c([N+](=O)[O-])c1. The number of amides is 1. The van der Waals surface area contributed by atoms with Gasteiger partial charge in [-0.1, -0.05) is 26.0 Å². The highest BCUT2D eigenvalue weighted by Gasteiger charge is 2.25. The molecule has 2 aromatic rings. The maximum Gasteiger partial charge on any atom is 0.295 e. The predicted octanol–water partition coefficient (Wildman–Crippen LogP) is 3.03. The van der Waals surface area contributed by atoms with E-state index in [4.69, 9.17) is 0 Å². The van der Waals surface area contributed by atoms with Crippen LogP contribution in [0.25, 0.3) is 0 Å². The Balaban J connectivity index is 2.23. The summed E-state index contributed by atoms with van der Waals surface area (Å²) in [4.78, 5) is 21.7. The van der Waals surface area contributed by atoms with Crippen molar-refractivity contribution in [1.82, 2.24) is 4.31 Å². The molecule has 0 aliphatic rings. The lowest BCUT2D eigenvalue weighted by Crippen LogP contribution is -2.30. The van der Waals surface area contributed by atoms with Crippen LogP contribution in [0.3, 0.4) is 0 Å². The molecule has 0 spiro atoms. The van der Waals surface area contributed by atoms with E-state index in [1.807, 2.05) is 0 Å². The summed E-state index contributed by atoms with van der Waals surface area (Å²) in [6.45, 7) is 5.33. The lowest BCUT2D eigenvalue weighted by Gasteiger charge is -2.18. The lowest BCUT2D eigenvalue weighted by molar-refractivity contribution is -0.384. The molecular formula is C19H23N5O5S. The zero-order chi connectivity index (χ0) is 22.3. The highest BCUT2D eigenvalue weighted by atomic mass is 32.2. The number of nitrogens with one attached hydrogen (secondary N) is 2. The molecule has 10 nitrogen and oxygen atoms in total. The van der Waals surface area contributed by atoms with E-state index in [0.29, 0.717) is 11.3 Å². The van der Waals surface area contributed by atoms with Crippen LogP contribution in [0.4, 0.5) is 17.1 Å². The highest BCUT2D eigenvalue weighted by molar-refractivity contribution is 7.89. The van der Waals surface area contributed by atoms with Crippen LogP contribution in [0.15, 0.2) is 52.5 Å². The second-order valence-corrected chi connectivity index (χ2v) is 8.14. The summed E-state index contributed by atoms with van der Waals surface area (Å²) in [7, 11) is -3.82. The number of benzene rings is 2. The molecule has 0 radical (unpaired) electrons. The monoisotopic (exact) mass is 433 g/mol. The fourth-order valence-electron chi connectivity index (χ4n) is 2.66. The molecule has 2 rings (SSSR count). The Morgan fingerprint density at radius 1 is 1.17 bits per heavy atom. The van der Waals surface area contributed by atoms with E-state index in [1.54, 1.807) is 38.1 Å². The Bertz CT molecular complexity index is 1050. The van der Waals surface area contributed by atoms with Crippen LogP contribution in [0.5, 0.6) is 0 Å². The predicted molar refractivity (Wildman–Crippen MR) is 115 cm³/mol. The molecule has 30 heavy (non-hydrogen) atoms. The maximum absolute atomic E-state index is 12.6. The van der Waals surface area contributed by atoms with Crippen LogP contribution < -0.4 is 10.7 Å². The summed E-state index contributed by atoms with van der Waals surface area (Å²) in [6, 6.07) is 10.4. The van der Waals surface area contributed by atoms with Crippen LogP contribution in [0.1, 0.15) is 26.3 Å². The molecule has 0 bridgehead atoms. The van der Waals surface area contributed by atoms with E-state index in [0.717, 1.165) is 6.07 Å². The number of nitro benzene ring substituents is 1. The van der Waals surface area contributed by atoms with Crippen molar-refractivity contribution in [2.24, 2.45) is 5.10 Å². The third-order valence-corrected chi connectivity index (χ3v) is 6.18. The molecule has 1 amide bonds. The summed E-state index contributed by atoms with van der Waals surface area (Å²) in [6.07, 6.45) is 1.45. The zero-order valence-electron chi connectivity index (χ0n) is 16.8. The number of nitrogens with zero attached hydrogens (tertiary/aromatic N) is 3. The van der Waals surface area contributed by atoms with Crippen molar-refractivity contribution >= 4 is 39.2 Å². The molecular weight excluding hydrogens is 410 g/mol. The molecule has 0 fully saturated rings.